The molecule has 0 N–H and O–H groups in total. The third kappa shape index (κ3) is 23.2. The summed E-state index contributed by atoms with van der Waals surface area (Å²) in [6, 6.07) is 0. The Morgan fingerprint density at radius 3 is 1.12 bits per heavy atom. The maximum atomic E-state index is 10.3. The molecule has 0 amide bonds. The molecule has 2 nitrogen and oxygen atoms in total. The number of hydrogen-bond donors (Lipinski definition) is 0. The quantitative estimate of drug-likeness (QED) is 0.170. The summed E-state index contributed by atoms with van der Waals surface area (Å²) in [7, 11) is 0. The summed E-state index contributed by atoms with van der Waals surface area (Å²) in [5, 5.41) is 10.3. The van der Waals surface area contributed by atoms with Crippen LogP contribution in [0.3, 0.4) is 0 Å². The van der Waals surface area contributed by atoms with Gasteiger partial charge in [0.2, 0.25) is 0 Å². The van der Waals surface area contributed by atoms with Crippen LogP contribution in [0.2, 0.25) is 0 Å². The van der Waals surface area contributed by atoms with Gasteiger partial charge >= 0.3 is 0 Å². The third-order valence-corrected chi connectivity index (χ3v) is 5.04. The SMILES string of the molecule is C=CCCCCCCCCCCCCCCCCCCCCC(=O)[O-]. The van der Waals surface area contributed by atoms with E-state index in [1.54, 1.807) is 0 Å². The molecule has 0 heterocycles. The Morgan fingerprint density at radius 1 is 0.560 bits per heavy atom. The Morgan fingerprint density at radius 2 is 0.840 bits per heavy atom. The van der Waals surface area contributed by atoms with Gasteiger partial charge in [0.1, 0.15) is 0 Å². The van der Waals surface area contributed by atoms with Crippen LogP contribution >= 0.6 is 0 Å². The zero-order valence-corrected chi connectivity index (χ0v) is 16.7. The van der Waals surface area contributed by atoms with E-state index < -0.39 is 5.97 Å². The molecule has 0 aliphatic heterocycles. The van der Waals surface area contributed by atoms with Gasteiger partial charge in [0.25, 0.3) is 0 Å². The molecule has 148 valence electrons. The topological polar surface area (TPSA) is 40.1 Å². The van der Waals surface area contributed by atoms with Gasteiger partial charge in [0.15, 0.2) is 0 Å². The van der Waals surface area contributed by atoms with E-state index in [4.69, 9.17) is 0 Å². The Labute approximate surface area is 157 Å². The van der Waals surface area contributed by atoms with Crippen molar-refractivity contribution < 1.29 is 9.90 Å². The summed E-state index contributed by atoms with van der Waals surface area (Å²) in [5.41, 5.74) is 0. The number of hydrogen-bond acceptors (Lipinski definition) is 2. The second-order valence-electron chi connectivity index (χ2n) is 7.56. The fraction of sp³-hybridized carbons (Fsp3) is 0.870. The standard InChI is InChI=1S/C23H44O2/c1-2-3-4-5-6-7-8-9-10-11-12-13-14-15-16-17-18-19-20-21-22-23(24)25/h2H,1,3-22H2,(H,24,25)/p-1. The van der Waals surface area contributed by atoms with Crippen molar-refractivity contribution in [3.8, 4) is 0 Å². The minimum Gasteiger partial charge on any atom is -0.550 e. The first-order chi connectivity index (χ1) is 12.3. The van der Waals surface area contributed by atoms with Crippen LogP contribution in [0.4, 0.5) is 0 Å². The predicted octanol–water partition coefficient (Wildman–Crippen LogP) is 6.72. The number of unbranched alkanes of at least 4 members (excludes halogenated alkanes) is 18. The van der Waals surface area contributed by atoms with Crippen LogP contribution in [0.1, 0.15) is 128 Å². The number of carbonyl (C=O) groups is 1. The third-order valence-electron chi connectivity index (χ3n) is 5.04. The van der Waals surface area contributed by atoms with Gasteiger partial charge in [-0.1, -0.05) is 109 Å². The molecule has 0 spiro atoms. The molecule has 0 saturated carbocycles. The number of carbonyl (C=O) groups excluding carboxylic acids is 1. The number of carboxylic acid groups (broad SMARTS) is 1. The molecule has 0 saturated heterocycles. The minimum atomic E-state index is -0.903. The first kappa shape index (κ1) is 24.2. The molecule has 0 fully saturated rings. The molecule has 0 aromatic heterocycles. The Kier molecular flexibility index (Phi) is 20.6. The van der Waals surface area contributed by atoms with E-state index in [-0.39, 0.29) is 6.42 Å². The smallest absolute Gasteiger partial charge is 0.0414 e. The number of rotatable bonds is 21. The van der Waals surface area contributed by atoms with Crippen molar-refractivity contribution in [1.82, 2.24) is 0 Å². The summed E-state index contributed by atoms with van der Waals surface area (Å²) < 4.78 is 0. The molecule has 0 aliphatic carbocycles. The highest BCUT2D eigenvalue weighted by Crippen LogP contribution is 2.14. The van der Waals surface area contributed by atoms with Crippen LogP contribution in [0, 0.1) is 0 Å². The zero-order chi connectivity index (χ0) is 18.4. The summed E-state index contributed by atoms with van der Waals surface area (Å²) in [6.07, 6.45) is 27.3. The number of carboxylic acids is 1. The van der Waals surface area contributed by atoms with Crippen molar-refractivity contribution in [2.24, 2.45) is 0 Å². The lowest BCUT2D eigenvalue weighted by Gasteiger charge is -2.04. The van der Waals surface area contributed by atoms with Gasteiger partial charge in [0, 0.05) is 5.97 Å². The number of aliphatic carboxylic acids is 1. The first-order valence-electron chi connectivity index (χ1n) is 11.1. The van der Waals surface area contributed by atoms with Crippen molar-refractivity contribution in [3.05, 3.63) is 12.7 Å². The van der Waals surface area contributed by atoms with E-state index >= 15 is 0 Å². The van der Waals surface area contributed by atoms with Gasteiger partial charge in [-0.2, -0.15) is 0 Å². The molecule has 0 unspecified atom stereocenters. The highest BCUT2D eigenvalue weighted by Gasteiger charge is 1.95. The van der Waals surface area contributed by atoms with Gasteiger partial charge in [-0.3, -0.25) is 0 Å². The van der Waals surface area contributed by atoms with E-state index in [1.807, 2.05) is 6.08 Å². The fourth-order valence-electron chi connectivity index (χ4n) is 3.39. The molecule has 25 heavy (non-hydrogen) atoms. The Hall–Kier alpha value is -0.790. The molecule has 0 aromatic carbocycles. The van der Waals surface area contributed by atoms with E-state index in [2.05, 4.69) is 6.58 Å². The maximum absolute atomic E-state index is 10.3. The molecule has 0 bridgehead atoms. The lowest BCUT2D eigenvalue weighted by molar-refractivity contribution is -0.305. The summed E-state index contributed by atoms with van der Waals surface area (Å²) >= 11 is 0. The van der Waals surface area contributed by atoms with Crippen molar-refractivity contribution in [1.29, 1.82) is 0 Å². The van der Waals surface area contributed by atoms with Crippen LogP contribution < -0.4 is 5.11 Å². The lowest BCUT2D eigenvalue weighted by Crippen LogP contribution is -2.21. The lowest BCUT2D eigenvalue weighted by atomic mass is 10.0. The van der Waals surface area contributed by atoms with E-state index in [9.17, 15) is 9.90 Å². The van der Waals surface area contributed by atoms with E-state index in [1.165, 1.54) is 109 Å². The first-order valence-corrected chi connectivity index (χ1v) is 11.1. The van der Waals surface area contributed by atoms with Crippen LogP contribution in [0.25, 0.3) is 0 Å². The van der Waals surface area contributed by atoms with Gasteiger partial charge < -0.3 is 9.90 Å². The minimum absolute atomic E-state index is 0.232. The van der Waals surface area contributed by atoms with Crippen molar-refractivity contribution in [2.75, 3.05) is 0 Å². The predicted molar refractivity (Wildman–Crippen MR) is 108 cm³/mol. The highest BCUT2D eigenvalue weighted by atomic mass is 16.4. The molecule has 0 radical (unpaired) electrons. The number of allylic oxidation sites excluding steroid dienone is 1. The van der Waals surface area contributed by atoms with Crippen molar-refractivity contribution >= 4 is 5.97 Å². The van der Waals surface area contributed by atoms with Crippen molar-refractivity contribution in [3.63, 3.8) is 0 Å². The molecule has 0 rings (SSSR count). The summed E-state index contributed by atoms with van der Waals surface area (Å²) in [5.74, 6) is -0.903. The average molecular weight is 352 g/mol. The second kappa shape index (κ2) is 21.3. The van der Waals surface area contributed by atoms with E-state index in [0.29, 0.717) is 0 Å². The molecule has 2 heteroatoms. The normalized spacial score (nSPS) is 10.9. The van der Waals surface area contributed by atoms with Crippen LogP contribution in [0.5, 0.6) is 0 Å². The largest absolute Gasteiger partial charge is 0.550 e. The molecular formula is C23H43O2-. The molecule has 0 aromatic rings. The van der Waals surface area contributed by atoms with Crippen LogP contribution in [0.15, 0.2) is 12.7 Å². The maximum Gasteiger partial charge on any atom is 0.0414 e. The average Bonchev–Trinajstić information content (AvgIpc) is 2.60. The highest BCUT2D eigenvalue weighted by molar-refractivity contribution is 5.63. The Bertz CT molecular complexity index is 286. The molecular weight excluding hydrogens is 308 g/mol. The molecule has 0 aliphatic rings. The van der Waals surface area contributed by atoms with Gasteiger partial charge in [-0.15, -0.1) is 6.58 Å². The van der Waals surface area contributed by atoms with Gasteiger partial charge in [0.05, 0.1) is 0 Å². The van der Waals surface area contributed by atoms with Crippen molar-refractivity contribution in [2.45, 2.75) is 128 Å². The fourth-order valence-corrected chi connectivity index (χ4v) is 3.39. The Balaban J connectivity index is 2.98. The van der Waals surface area contributed by atoms with Gasteiger partial charge in [-0.25, -0.2) is 0 Å². The van der Waals surface area contributed by atoms with Crippen LogP contribution in [-0.4, -0.2) is 5.97 Å². The summed E-state index contributed by atoms with van der Waals surface area (Å²) in [4.78, 5) is 10.3. The van der Waals surface area contributed by atoms with Gasteiger partial charge in [-0.05, 0) is 25.7 Å². The van der Waals surface area contributed by atoms with Crippen LogP contribution in [-0.2, 0) is 4.79 Å². The summed E-state index contributed by atoms with van der Waals surface area (Å²) in [6.45, 7) is 3.76. The zero-order valence-electron chi connectivity index (χ0n) is 16.7. The van der Waals surface area contributed by atoms with E-state index in [0.717, 1.165) is 12.8 Å². The monoisotopic (exact) mass is 351 g/mol. The molecule has 0 atom stereocenters. The second-order valence-corrected chi connectivity index (χ2v) is 7.56.